The van der Waals surface area contributed by atoms with Gasteiger partial charge in [0.05, 0.1) is 25.4 Å². The number of esters is 1. The lowest BCUT2D eigenvalue weighted by atomic mass is 9.99. The highest BCUT2D eigenvalue weighted by Gasteiger charge is 2.47. The molecular weight excluding hydrogens is 1030 g/mol. The fourth-order valence-corrected chi connectivity index (χ4v) is 9.94. The topological polar surface area (TPSA) is 175 Å². The Morgan fingerprint density at radius 3 is 1.34 bits per heavy atom. The molecule has 1 amide bonds. The van der Waals surface area contributed by atoms with Gasteiger partial charge in [-0.15, -0.1) is 0 Å². The van der Waals surface area contributed by atoms with E-state index in [1.807, 2.05) is 6.08 Å². The number of carbonyl (C=O) groups is 2. The molecule has 8 unspecified atom stereocenters. The number of aliphatic hydroxyl groups excluding tert-OH is 5. The Bertz CT molecular complexity index is 1700. The van der Waals surface area contributed by atoms with E-state index in [2.05, 4.69) is 111 Å². The number of carbonyl (C=O) groups excluding carboxylic acids is 2. The van der Waals surface area contributed by atoms with Crippen LogP contribution in [0.15, 0.2) is 97.2 Å². The largest absolute Gasteiger partial charge is 0.454 e. The Morgan fingerprint density at radius 1 is 0.488 bits per heavy atom. The number of nitrogens with one attached hydrogen (secondary N) is 1. The molecule has 1 rings (SSSR count). The summed E-state index contributed by atoms with van der Waals surface area (Å²) in [5.74, 6) is -1.21. The molecule has 1 saturated heterocycles. The SMILES string of the molecule is CC/C=C\C/C=C\C/C=C\C/C=C\C/C=C\CCCCCCCCCC(=O)OC1C(OCC(NC(=O)C(O)CCCCCCCCCC/C=C\C/C=C\CCCCC)C(O)/C=C/CCCCCCCCCCCC)OC(CO)C(O)C1O. The maximum atomic E-state index is 13.5. The van der Waals surface area contributed by atoms with Gasteiger partial charge in [0.2, 0.25) is 5.91 Å². The van der Waals surface area contributed by atoms with Crippen molar-refractivity contribution in [3.8, 4) is 0 Å². The average Bonchev–Trinajstić information content (AvgIpc) is 3.44. The molecule has 0 saturated carbocycles. The number of hydrogen-bond acceptors (Lipinski definition) is 10. The molecule has 1 heterocycles. The van der Waals surface area contributed by atoms with E-state index < -0.39 is 67.4 Å². The fraction of sp³-hybridized carbons (Fsp3) is 0.746. The van der Waals surface area contributed by atoms with Crippen LogP contribution in [0.1, 0.15) is 278 Å². The summed E-state index contributed by atoms with van der Waals surface area (Å²) < 4.78 is 17.7. The molecule has 0 spiro atoms. The molecular formula is C71H123NO10. The molecule has 8 atom stereocenters. The molecule has 1 fully saturated rings. The van der Waals surface area contributed by atoms with Gasteiger partial charge in [0.1, 0.15) is 24.4 Å². The van der Waals surface area contributed by atoms with Crippen molar-refractivity contribution in [3.63, 3.8) is 0 Å². The van der Waals surface area contributed by atoms with Gasteiger partial charge >= 0.3 is 5.97 Å². The number of allylic oxidation sites excluding steroid dienone is 15. The van der Waals surface area contributed by atoms with Crippen LogP contribution in [-0.2, 0) is 23.8 Å². The third kappa shape index (κ3) is 45.0. The molecule has 472 valence electrons. The molecule has 11 heteroatoms. The lowest BCUT2D eigenvalue weighted by Crippen LogP contribution is -2.61. The summed E-state index contributed by atoms with van der Waals surface area (Å²) in [6, 6.07) is -1.03. The highest BCUT2D eigenvalue weighted by Crippen LogP contribution is 2.26. The Hall–Kier alpha value is -3.42. The number of hydrogen-bond donors (Lipinski definition) is 6. The van der Waals surface area contributed by atoms with E-state index >= 15 is 0 Å². The lowest BCUT2D eigenvalue weighted by molar-refractivity contribution is -0.305. The van der Waals surface area contributed by atoms with Crippen LogP contribution in [0.3, 0.4) is 0 Å². The van der Waals surface area contributed by atoms with Crippen LogP contribution < -0.4 is 5.32 Å². The minimum absolute atomic E-state index is 0.106. The van der Waals surface area contributed by atoms with Crippen molar-refractivity contribution in [2.45, 2.75) is 327 Å². The Labute approximate surface area is 501 Å². The van der Waals surface area contributed by atoms with E-state index in [1.54, 1.807) is 6.08 Å². The van der Waals surface area contributed by atoms with Gasteiger partial charge in [0.25, 0.3) is 0 Å². The predicted molar refractivity (Wildman–Crippen MR) is 342 cm³/mol. The minimum atomic E-state index is -1.62. The maximum Gasteiger partial charge on any atom is 0.306 e. The van der Waals surface area contributed by atoms with Gasteiger partial charge in [-0.05, 0) is 103 Å². The van der Waals surface area contributed by atoms with Crippen LogP contribution in [0.25, 0.3) is 0 Å². The van der Waals surface area contributed by atoms with Gasteiger partial charge in [-0.3, -0.25) is 9.59 Å². The van der Waals surface area contributed by atoms with Crippen LogP contribution in [0.5, 0.6) is 0 Å². The van der Waals surface area contributed by atoms with Crippen LogP contribution in [0.4, 0.5) is 0 Å². The quantitative estimate of drug-likeness (QED) is 0.0195. The molecule has 0 aromatic heterocycles. The lowest BCUT2D eigenvalue weighted by Gasteiger charge is -2.41. The van der Waals surface area contributed by atoms with E-state index in [0.29, 0.717) is 12.8 Å². The second kappa shape index (κ2) is 58.0. The summed E-state index contributed by atoms with van der Waals surface area (Å²) in [4.78, 5) is 26.6. The number of aliphatic hydroxyl groups is 5. The van der Waals surface area contributed by atoms with E-state index in [9.17, 15) is 35.1 Å². The van der Waals surface area contributed by atoms with Crippen molar-refractivity contribution in [1.82, 2.24) is 5.32 Å². The second-order valence-corrected chi connectivity index (χ2v) is 22.8. The van der Waals surface area contributed by atoms with Crippen molar-refractivity contribution in [1.29, 1.82) is 0 Å². The summed E-state index contributed by atoms with van der Waals surface area (Å²) >= 11 is 0. The minimum Gasteiger partial charge on any atom is -0.454 e. The third-order valence-electron chi connectivity index (χ3n) is 15.2. The highest BCUT2D eigenvalue weighted by atomic mass is 16.7. The van der Waals surface area contributed by atoms with Crippen molar-refractivity contribution >= 4 is 11.9 Å². The summed E-state index contributed by atoms with van der Waals surface area (Å²) in [5, 5.41) is 57.1. The standard InChI is InChI=1S/C71H123NO10/c1-4-7-10-13-16-19-22-25-27-29-31-32-33-34-35-37-39-41-44-47-50-53-56-59-66(76)82-69-68(78)67(77)65(60-73)81-71(69)80-61-62(63(74)57-54-51-48-45-42-24-21-18-15-12-9-6-3)72-70(79)64(75)58-55-52-49-46-43-40-38-36-30-28-26-23-20-17-14-11-8-5-2/h7,10,16-17,19-20,25-28,31-32,34-35,54,57,62-65,67-69,71,73-75,77-78H,4-6,8-9,11-15,18,21-24,29-30,33,36-53,55-56,58-61H2,1-3H3,(H,72,79)/b10-7-,19-16-,20-17-,27-25-,28-26-,32-31-,35-34-,57-54+. The Kier molecular flexibility index (Phi) is 54.2. The fourth-order valence-electron chi connectivity index (χ4n) is 9.94. The monoisotopic (exact) mass is 1150 g/mol. The van der Waals surface area contributed by atoms with E-state index in [0.717, 1.165) is 128 Å². The number of unbranched alkanes of at least 4 members (excludes halogenated alkanes) is 28. The number of rotatable bonds is 56. The van der Waals surface area contributed by atoms with E-state index in [1.165, 1.54) is 103 Å². The van der Waals surface area contributed by atoms with Gasteiger partial charge < -0.3 is 45.1 Å². The third-order valence-corrected chi connectivity index (χ3v) is 15.2. The van der Waals surface area contributed by atoms with Crippen molar-refractivity contribution in [2.24, 2.45) is 0 Å². The zero-order valence-corrected chi connectivity index (χ0v) is 52.3. The first-order chi connectivity index (χ1) is 40.2. The molecule has 1 aliphatic rings. The first kappa shape index (κ1) is 76.6. The van der Waals surface area contributed by atoms with Crippen LogP contribution in [0.2, 0.25) is 0 Å². The zero-order chi connectivity index (χ0) is 59.6. The predicted octanol–water partition coefficient (Wildman–Crippen LogP) is 16.7. The van der Waals surface area contributed by atoms with E-state index in [-0.39, 0.29) is 19.4 Å². The molecule has 6 N–H and O–H groups in total. The van der Waals surface area contributed by atoms with Gasteiger partial charge in [-0.2, -0.15) is 0 Å². The van der Waals surface area contributed by atoms with Gasteiger partial charge in [0, 0.05) is 6.42 Å². The average molecular weight is 1150 g/mol. The van der Waals surface area contributed by atoms with Crippen molar-refractivity contribution in [3.05, 3.63) is 97.2 Å². The van der Waals surface area contributed by atoms with Crippen LogP contribution >= 0.6 is 0 Å². The molecule has 11 nitrogen and oxygen atoms in total. The van der Waals surface area contributed by atoms with Crippen LogP contribution in [-0.4, -0.2) is 99.6 Å². The molecule has 0 bridgehead atoms. The molecule has 82 heavy (non-hydrogen) atoms. The molecule has 0 aromatic rings. The van der Waals surface area contributed by atoms with Crippen molar-refractivity contribution < 1.29 is 49.3 Å². The normalized spacial score (nSPS) is 19.2. The van der Waals surface area contributed by atoms with Crippen molar-refractivity contribution in [2.75, 3.05) is 13.2 Å². The highest BCUT2D eigenvalue weighted by molar-refractivity contribution is 5.80. The zero-order valence-electron chi connectivity index (χ0n) is 52.3. The molecule has 0 radical (unpaired) electrons. The smallest absolute Gasteiger partial charge is 0.306 e. The number of amides is 1. The first-order valence-corrected chi connectivity index (χ1v) is 33.5. The number of ether oxygens (including phenoxy) is 3. The summed E-state index contributed by atoms with van der Waals surface area (Å²) in [6.07, 6.45) is 67.2. The van der Waals surface area contributed by atoms with Crippen LogP contribution in [0, 0.1) is 0 Å². The molecule has 0 aromatic carbocycles. The Morgan fingerprint density at radius 2 is 0.878 bits per heavy atom. The van der Waals surface area contributed by atoms with E-state index in [4.69, 9.17) is 14.2 Å². The summed E-state index contributed by atoms with van der Waals surface area (Å²) in [6.45, 7) is 5.65. The van der Waals surface area contributed by atoms with Gasteiger partial charge in [-0.1, -0.05) is 266 Å². The van der Waals surface area contributed by atoms with Gasteiger partial charge in [-0.25, -0.2) is 0 Å². The Balaban J connectivity index is 2.63. The maximum absolute atomic E-state index is 13.5. The second-order valence-electron chi connectivity index (χ2n) is 22.8. The van der Waals surface area contributed by atoms with Gasteiger partial charge in [0.15, 0.2) is 12.4 Å². The summed E-state index contributed by atoms with van der Waals surface area (Å²) in [5.41, 5.74) is 0. The summed E-state index contributed by atoms with van der Waals surface area (Å²) in [7, 11) is 0. The molecule has 1 aliphatic heterocycles. The molecule has 0 aliphatic carbocycles. The first-order valence-electron chi connectivity index (χ1n) is 33.5.